The fourth-order valence-electron chi connectivity index (χ4n) is 4.22. The number of hydrogen-bond donors (Lipinski definition) is 1. The predicted molar refractivity (Wildman–Crippen MR) is 108 cm³/mol. The van der Waals surface area contributed by atoms with Crippen molar-refractivity contribution in [1.29, 1.82) is 0 Å². The first-order chi connectivity index (χ1) is 13.1. The molecule has 2 aromatic carbocycles. The first kappa shape index (κ1) is 17.7. The fraction of sp³-hybridized carbons (Fsp3) is 0.409. The zero-order valence-electron chi connectivity index (χ0n) is 16.4. The van der Waals surface area contributed by atoms with Crippen LogP contribution in [0.5, 0.6) is 0 Å². The van der Waals surface area contributed by atoms with E-state index in [1.54, 1.807) is 0 Å². The molecule has 4 rings (SSSR count). The molecule has 1 aliphatic carbocycles. The molecule has 1 aromatic heterocycles. The number of hydrogen-bond acceptors (Lipinski definition) is 4. The van der Waals surface area contributed by atoms with Gasteiger partial charge in [-0.2, -0.15) is 4.68 Å². The molecule has 0 saturated heterocycles. The lowest BCUT2D eigenvalue weighted by Crippen LogP contribution is -2.40. The lowest BCUT2D eigenvalue weighted by atomic mass is 9.80. The molecule has 0 unspecified atom stereocenters. The maximum Gasteiger partial charge on any atom is 0.181 e. The lowest BCUT2D eigenvalue weighted by molar-refractivity contribution is 0.309. The monoisotopic (exact) mass is 361 g/mol. The van der Waals surface area contributed by atoms with Gasteiger partial charge in [0, 0.05) is 5.69 Å². The number of nitrogens with one attached hydrogen (secondary N) is 1. The molecule has 0 amide bonds. The first-order valence-corrected chi connectivity index (χ1v) is 9.79. The zero-order chi connectivity index (χ0) is 18.9. The van der Waals surface area contributed by atoms with Gasteiger partial charge in [-0.25, -0.2) is 0 Å². The second-order valence-electron chi connectivity index (χ2n) is 7.79. The van der Waals surface area contributed by atoms with Gasteiger partial charge in [0.05, 0.1) is 11.2 Å². The molecule has 5 heteroatoms. The average Bonchev–Trinajstić information content (AvgIpc) is 3.16. The molecular weight excluding hydrogens is 334 g/mol. The summed E-state index contributed by atoms with van der Waals surface area (Å²) in [5.74, 6) is 0.913. The third-order valence-electron chi connectivity index (χ3n) is 5.70. The molecule has 140 valence electrons. The third-order valence-corrected chi connectivity index (χ3v) is 5.70. The van der Waals surface area contributed by atoms with Crippen LogP contribution in [0.15, 0.2) is 42.5 Å². The van der Waals surface area contributed by atoms with Crippen molar-refractivity contribution in [3.63, 3.8) is 0 Å². The van der Waals surface area contributed by atoms with Crippen LogP contribution in [0.4, 0.5) is 5.69 Å². The minimum absolute atomic E-state index is 0.246. The van der Waals surface area contributed by atoms with Gasteiger partial charge < -0.3 is 5.32 Å². The summed E-state index contributed by atoms with van der Waals surface area (Å²) in [4.78, 5) is 0. The van der Waals surface area contributed by atoms with Crippen LogP contribution in [0.1, 0.15) is 54.6 Å². The molecule has 1 N–H and O–H groups in total. The summed E-state index contributed by atoms with van der Waals surface area (Å²) in [6, 6.07) is 14.9. The van der Waals surface area contributed by atoms with Gasteiger partial charge in [-0.05, 0) is 67.3 Å². The van der Waals surface area contributed by atoms with Gasteiger partial charge in [0.15, 0.2) is 5.82 Å². The van der Waals surface area contributed by atoms with Gasteiger partial charge in [-0.3, -0.25) is 0 Å². The Labute approximate surface area is 160 Å². The standard InChI is InChI=1S/C22H27N5/c1-16-11-12-19(18(3)15-16)23-22(13-7-4-8-14-22)21-24-25-26-27(21)20-10-6-5-9-17(20)2/h5-6,9-12,15,23H,4,7-8,13-14H2,1-3H3. The summed E-state index contributed by atoms with van der Waals surface area (Å²) in [5, 5.41) is 16.8. The van der Waals surface area contributed by atoms with Crippen molar-refractivity contribution in [1.82, 2.24) is 20.2 Å². The Morgan fingerprint density at radius 3 is 2.44 bits per heavy atom. The summed E-state index contributed by atoms with van der Waals surface area (Å²) in [7, 11) is 0. The van der Waals surface area contributed by atoms with Gasteiger partial charge in [0.2, 0.25) is 0 Å². The van der Waals surface area contributed by atoms with Crippen LogP contribution in [0.2, 0.25) is 0 Å². The topological polar surface area (TPSA) is 55.6 Å². The second kappa shape index (κ2) is 7.14. The molecule has 1 fully saturated rings. The highest BCUT2D eigenvalue weighted by atomic mass is 15.6. The second-order valence-corrected chi connectivity index (χ2v) is 7.79. The molecule has 0 spiro atoms. The molecule has 1 saturated carbocycles. The molecule has 5 nitrogen and oxygen atoms in total. The van der Waals surface area contributed by atoms with Crippen molar-refractivity contribution in [3.05, 3.63) is 65.0 Å². The number of benzene rings is 2. The van der Waals surface area contributed by atoms with Crippen molar-refractivity contribution in [2.75, 3.05) is 5.32 Å². The number of para-hydroxylation sites is 1. The molecule has 27 heavy (non-hydrogen) atoms. The van der Waals surface area contributed by atoms with E-state index in [0.717, 1.165) is 24.4 Å². The number of aryl methyl sites for hydroxylation is 3. The summed E-state index contributed by atoms with van der Waals surface area (Å²) in [6.07, 6.45) is 5.69. The molecule has 0 atom stereocenters. The summed E-state index contributed by atoms with van der Waals surface area (Å²) >= 11 is 0. The average molecular weight is 361 g/mol. The Morgan fingerprint density at radius 2 is 1.70 bits per heavy atom. The summed E-state index contributed by atoms with van der Waals surface area (Å²) in [5.41, 5.74) is 5.68. The Hall–Kier alpha value is -2.69. The SMILES string of the molecule is Cc1ccc(NC2(c3nnnn3-c3ccccc3C)CCCCC2)c(C)c1. The van der Waals surface area contributed by atoms with E-state index in [2.05, 4.69) is 71.9 Å². The number of aromatic nitrogens is 4. The van der Waals surface area contributed by atoms with Crippen molar-refractivity contribution in [2.45, 2.75) is 58.4 Å². The van der Waals surface area contributed by atoms with E-state index in [-0.39, 0.29) is 5.54 Å². The number of nitrogens with zero attached hydrogens (tertiary/aromatic N) is 4. The molecule has 1 aliphatic rings. The third kappa shape index (κ3) is 3.34. The Kier molecular flexibility index (Phi) is 4.68. The minimum atomic E-state index is -0.246. The maximum atomic E-state index is 4.51. The van der Waals surface area contributed by atoms with E-state index in [9.17, 15) is 0 Å². The molecule has 3 aromatic rings. The Balaban J connectivity index is 1.80. The summed E-state index contributed by atoms with van der Waals surface area (Å²) < 4.78 is 1.93. The van der Waals surface area contributed by atoms with Crippen molar-refractivity contribution >= 4 is 5.69 Å². The van der Waals surface area contributed by atoms with Gasteiger partial charge >= 0.3 is 0 Å². The molecule has 0 radical (unpaired) electrons. The Bertz CT molecular complexity index is 937. The van der Waals surface area contributed by atoms with Crippen LogP contribution in [-0.4, -0.2) is 20.2 Å². The highest BCUT2D eigenvalue weighted by Gasteiger charge is 2.39. The zero-order valence-corrected chi connectivity index (χ0v) is 16.4. The van der Waals surface area contributed by atoms with Crippen LogP contribution in [0.25, 0.3) is 5.69 Å². The van der Waals surface area contributed by atoms with Gasteiger partial charge in [0.1, 0.15) is 0 Å². The number of anilines is 1. The van der Waals surface area contributed by atoms with E-state index < -0.39 is 0 Å². The van der Waals surface area contributed by atoms with E-state index in [1.807, 2.05) is 16.8 Å². The number of tetrazole rings is 1. The molecule has 0 bridgehead atoms. The van der Waals surface area contributed by atoms with E-state index in [1.165, 1.54) is 41.6 Å². The highest BCUT2D eigenvalue weighted by Crippen LogP contribution is 2.40. The first-order valence-electron chi connectivity index (χ1n) is 9.79. The highest BCUT2D eigenvalue weighted by molar-refractivity contribution is 5.55. The molecule has 0 aliphatic heterocycles. The quantitative estimate of drug-likeness (QED) is 0.721. The van der Waals surface area contributed by atoms with Crippen molar-refractivity contribution < 1.29 is 0 Å². The van der Waals surface area contributed by atoms with Gasteiger partial charge in [-0.1, -0.05) is 55.2 Å². The predicted octanol–water partition coefficient (Wildman–Crippen LogP) is 4.86. The largest absolute Gasteiger partial charge is 0.372 e. The fourth-order valence-corrected chi connectivity index (χ4v) is 4.22. The van der Waals surface area contributed by atoms with E-state index >= 15 is 0 Å². The lowest BCUT2D eigenvalue weighted by Gasteiger charge is -2.38. The maximum absolute atomic E-state index is 4.51. The van der Waals surface area contributed by atoms with Crippen LogP contribution in [0.3, 0.4) is 0 Å². The smallest absolute Gasteiger partial charge is 0.181 e. The molecule has 1 heterocycles. The van der Waals surface area contributed by atoms with Crippen LogP contribution in [-0.2, 0) is 5.54 Å². The van der Waals surface area contributed by atoms with Crippen LogP contribution >= 0.6 is 0 Å². The van der Waals surface area contributed by atoms with Gasteiger partial charge in [0.25, 0.3) is 0 Å². The normalized spacial score (nSPS) is 16.3. The van der Waals surface area contributed by atoms with Crippen molar-refractivity contribution in [3.8, 4) is 5.69 Å². The Morgan fingerprint density at radius 1 is 0.926 bits per heavy atom. The van der Waals surface area contributed by atoms with Crippen LogP contribution in [0, 0.1) is 20.8 Å². The summed E-state index contributed by atoms with van der Waals surface area (Å²) in [6.45, 7) is 6.40. The minimum Gasteiger partial charge on any atom is -0.372 e. The number of rotatable bonds is 4. The van der Waals surface area contributed by atoms with Crippen molar-refractivity contribution in [2.24, 2.45) is 0 Å². The van der Waals surface area contributed by atoms with Gasteiger partial charge in [-0.15, -0.1) is 5.10 Å². The van der Waals surface area contributed by atoms with E-state index in [0.29, 0.717) is 0 Å². The molecular formula is C22H27N5. The van der Waals surface area contributed by atoms with E-state index in [4.69, 9.17) is 0 Å². The van der Waals surface area contributed by atoms with Crippen LogP contribution < -0.4 is 5.32 Å².